The molecule has 0 radical (unpaired) electrons. The number of hydrogen-bond donors (Lipinski definition) is 1. The molecule has 6 heteroatoms. The lowest BCUT2D eigenvalue weighted by molar-refractivity contribution is -0.113. The van der Waals surface area contributed by atoms with E-state index in [9.17, 15) is 4.79 Å². The van der Waals surface area contributed by atoms with E-state index in [1.165, 1.54) is 10.9 Å². The van der Waals surface area contributed by atoms with Crippen molar-refractivity contribution in [2.75, 3.05) is 42.3 Å². The van der Waals surface area contributed by atoms with Crippen LogP contribution in [0.4, 0.5) is 11.5 Å². The Bertz CT molecular complexity index is 952. The van der Waals surface area contributed by atoms with Crippen molar-refractivity contribution in [3.8, 4) is 0 Å². The van der Waals surface area contributed by atoms with Crippen molar-refractivity contribution in [2.24, 2.45) is 0 Å². The Balaban J connectivity index is 1.33. The first-order chi connectivity index (χ1) is 13.7. The van der Waals surface area contributed by atoms with Gasteiger partial charge in [-0.3, -0.25) is 9.69 Å². The highest BCUT2D eigenvalue weighted by Crippen LogP contribution is 2.20. The summed E-state index contributed by atoms with van der Waals surface area (Å²) in [4.78, 5) is 21.0. The van der Waals surface area contributed by atoms with Crippen molar-refractivity contribution in [2.45, 2.75) is 6.54 Å². The van der Waals surface area contributed by atoms with Gasteiger partial charge in [0.1, 0.15) is 11.7 Å². The van der Waals surface area contributed by atoms with Crippen LogP contribution in [-0.2, 0) is 11.3 Å². The number of alkyl halides is 1. The molecule has 1 saturated heterocycles. The van der Waals surface area contributed by atoms with Gasteiger partial charge in [-0.2, -0.15) is 0 Å². The zero-order chi connectivity index (χ0) is 19.3. The SMILES string of the molecule is O=C(CCl)Nc1ccc(CN2CCN(c3ccc4ccccc4n3)CC2)cc1. The van der Waals surface area contributed by atoms with Crippen LogP contribution in [0.3, 0.4) is 0 Å². The molecule has 5 nitrogen and oxygen atoms in total. The van der Waals surface area contributed by atoms with Crippen LogP contribution in [0.15, 0.2) is 60.7 Å². The fourth-order valence-corrected chi connectivity index (χ4v) is 3.58. The molecule has 0 spiro atoms. The average molecular weight is 395 g/mol. The minimum atomic E-state index is -0.187. The molecule has 1 aliphatic rings. The summed E-state index contributed by atoms with van der Waals surface area (Å²) in [7, 11) is 0. The van der Waals surface area contributed by atoms with Crippen LogP contribution in [0.2, 0.25) is 0 Å². The molecule has 1 fully saturated rings. The standard InChI is InChI=1S/C22H23ClN4O/c23-15-22(28)24-19-8-5-17(6-9-19)16-26-11-13-27(14-12-26)21-10-7-18-3-1-2-4-20(18)25-21/h1-10H,11-16H2,(H,24,28). The van der Waals surface area contributed by atoms with Crippen molar-refractivity contribution in [1.29, 1.82) is 0 Å². The number of benzene rings is 2. The monoisotopic (exact) mass is 394 g/mol. The molecule has 2 aromatic carbocycles. The van der Waals surface area contributed by atoms with E-state index in [-0.39, 0.29) is 11.8 Å². The summed E-state index contributed by atoms with van der Waals surface area (Å²) in [5, 5.41) is 3.94. The molecule has 144 valence electrons. The van der Waals surface area contributed by atoms with E-state index in [1.807, 2.05) is 24.3 Å². The van der Waals surface area contributed by atoms with Gasteiger partial charge in [0.15, 0.2) is 0 Å². The molecule has 1 aromatic heterocycles. The molecule has 0 saturated carbocycles. The van der Waals surface area contributed by atoms with Gasteiger partial charge in [0.05, 0.1) is 5.52 Å². The van der Waals surface area contributed by atoms with Crippen LogP contribution in [0.5, 0.6) is 0 Å². The minimum absolute atomic E-state index is 0.0297. The summed E-state index contributed by atoms with van der Waals surface area (Å²) < 4.78 is 0. The topological polar surface area (TPSA) is 48.5 Å². The Hall–Kier alpha value is -2.63. The highest BCUT2D eigenvalue weighted by Gasteiger charge is 2.18. The number of nitrogens with zero attached hydrogens (tertiary/aromatic N) is 3. The number of halogens is 1. The Morgan fingerprint density at radius 3 is 2.46 bits per heavy atom. The molecule has 4 rings (SSSR count). The van der Waals surface area contributed by atoms with Gasteiger partial charge in [-0.1, -0.05) is 30.3 Å². The molecule has 1 aliphatic heterocycles. The lowest BCUT2D eigenvalue weighted by atomic mass is 10.1. The molecular formula is C22H23ClN4O. The van der Waals surface area contributed by atoms with Gasteiger partial charge in [0.25, 0.3) is 0 Å². The zero-order valence-corrected chi connectivity index (χ0v) is 16.4. The van der Waals surface area contributed by atoms with Crippen LogP contribution < -0.4 is 10.2 Å². The molecule has 0 aliphatic carbocycles. The van der Waals surface area contributed by atoms with E-state index in [4.69, 9.17) is 16.6 Å². The Labute approximate surface area is 169 Å². The predicted octanol–water partition coefficient (Wildman–Crippen LogP) is 3.73. The zero-order valence-electron chi connectivity index (χ0n) is 15.6. The van der Waals surface area contributed by atoms with Gasteiger partial charge < -0.3 is 10.2 Å². The normalized spacial score (nSPS) is 15.0. The molecule has 1 amide bonds. The predicted molar refractivity (Wildman–Crippen MR) is 115 cm³/mol. The van der Waals surface area contributed by atoms with Crippen molar-refractivity contribution in [1.82, 2.24) is 9.88 Å². The number of para-hydroxylation sites is 1. The second-order valence-corrected chi connectivity index (χ2v) is 7.27. The molecule has 0 atom stereocenters. The maximum absolute atomic E-state index is 11.3. The summed E-state index contributed by atoms with van der Waals surface area (Å²) in [5.74, 6) is 0.837. The number of hydrogen-bond acceptors (Lipinski definition) is 4. The number of carbonyl (C=O) groups is 1. The smallest absolute Gasteiger partial charge is 0.239 e. The van der Waals surface area contributed by atoms with E-state index < -0.39 is 0 Å². The number of piperazine rings is 1. The van der Waals surface area contributed by atoms with Crippen LogP contribution in [-0.4, -0.2) is 47.9 Å². The lowest BCUT2D eigenvalue weighted by Crippen LogP contribution is -2.46. The number of anilines is 2. The first-order valence-corrected chi connectivity index (χ1v) is 10.0. The first-order valence-electron chi connectivity index (χ1n) is 9.49. The molecule has 2 heterocycles. The highest BCUT2D eigenvalue weighted by atomic mass is 35.5. The largest absolute Gasteiger partial charge is 0.354 e. The number of fused-ring (bicyclic) bond motifs is 1. The van der Waals surface area contributed by atoms with Gasteiger partial charge in [0, 0.05) is 43.8 Å². The second kappa shape index (κ2) is 8.59. The van der Waals surface area contributed by atoms with Crippen molar-refractivity contribution in [3.63, 3.8) is 0 Å². The van der Waals surface area contributed by atoms with Crippen molar-refractivity contribution in [3.05, 3.63) is 66.2 Å². The molecule has 1 N–H and O–H groups in total. The Kier molecular flexibility index (Phi) is 5.74. The lowest BCUT2D eigenvalue weighted by Gasteiger charge is -2.35. The summed E-state index contributed by atoms with van der Waals surface area (Å²) in [6.45, 7) is 4.84. The van der Waals surface area contributed by atoms with Gasteiger partial charge in [-0.05, 0) is 35.9 Å². The number of nitrogens with one attached hydrogen (secondary N) is 1. The number of amides is 1. The second-order valence-electron chi connectivity index (χ2n) is 7.00. The van der Waals surface area contributed by atoms with Crippen molar-refractivity contribution < 1.29 is 4.79 Å². The highest BCUT2D eigenvalue weighted by molar-refractivity contribution is 6.29. The maximum Gasteiger partial charge on any atom is 0.239 e. The third-order valence-corrected chi connectivity index (χ3v) is 5.29. The van der Waals surface area contributed by atoms with Crippen LogP contribution >= 0.6 is 11.6 Å². The van der Waals surface area contributed by atoms with Crippen LogP contribution in [0.1, 0.15) is 5.56 Å². The van der Waals surface area contributed by atoms with Gasteiger partial charge in [0.2, 0.25) is 5.91 Å². The van der Waals surface area contributed by atoms with Gasteiger partial charge >= 0.3 is 0 Å². The van der Waals surface area contributed by atoms with Crippen LogP contribution in [0.25, 0.3) is 10.9 Å². The van der Waals surface area contributed by atoms with E-state index >= 15 is 0 Å². The van der Waals surface area contributed by atoms with E-state index in [1.54, 1.807) is 0 Å². The first kappa shape index (κ1) is 18.7. The van der Waals surface area contributed by atoms with E-state index in [0.717, 1.165) is 49.7 Å². The molecule has 28 heavy (non-hydrogen) atoms. The van der Waals surface area contributed by atoms with E-state index in [0.29, 0.717) is 0 Å². The maximum atomic E-state index is 11.3. The fourth-order valence-electron chi connectivity index (χ4n) is 3.51. The Morgan fingerprint density at radius 1 is 0.964 bits per heavy atom. The summed E-state index contributed by atoms with van der Waals surface area (Å²) >= 11 is 5.52. The molecule has 0 bridgehead atoms. The minimum Gasteiger partial charge on any atom is -0.354 e. The third-order valence-electron chi connectivity index (χ3n) is 5.05. The quantitative estimate of drug-likeness (QED) is 0.670. The summed E-state index contributed by atoms with van der Waals surface area (Å²) in [6, 6.07) is 20.5. The average Bonchev–Trinajstić information content (AvgIpc) is 2.75. The number of aromatic nitrogens is 1. The number of carbonyl (C=O) groups excluding carboxylic acids is 1. The Morgan fingerprint density at radius 2 is 1.71 bits per heavy atom. The van der Waals surface area contributed by atoms with Gasteiger partial charge in [-0.25, -0.2) is 4.98 Å². The molecule has 3 aromatic rings. The summed E-state index contributed by atoms with van der Waals surface area (Å²) in [6.07, 6.45) is 0. The van der Waals surface area contributed by atoms with E-state index in [2.05, 4.69) is 51.5 Å². The molecular weight excluding hydrogens is 372 g/mol. The summed E-state index contributed by atoms with van der Waals surface area (Å²) in [5.41, 5.74) is 3.06. The van der Waals surface area contributed by atoms with Crippen LogP contribution in [0, 0.1) is 0 Å². The van der Waals surface area contributed by atoms with Crippen molar-refractivity contribution >= 4 is 39.9 Å². The van der Waals surface area contributed by atoms with Gasteiger partial charge in [-0.15, -0.1) is 11.6 Å². The fraction of sp³-hybridized carbons (Fsp3) is 0.273. The third kappa shape index (κ3) is 4.43. The number of pyridine rings is 1. The molecule has 0 unspecified atom stereocenters. The number of rotatable bonds is 5.